The number of rotatable bonds is 18. The molecule has 0 spiro atoms. The summed E-state index contributed by atoms with van der Waals surface area (Å²) in [5.41, 5.74) is -0.301. The molecule has 1 amide bonds. The molecule has 8 heteroatoms. The van der Waals surface area contributed by atoms with Crippen molar-refractivity contribution in [2.45, 2.75) is 59.9 Å². The van der Waals surface area contributed by atoms with Crippen LogP contribution in [-0.4, -0.2) is 83.2 Å². The van der Waals surface area contributed by atoms with E-state index >= 15 is 0 Å². The summed E-state index contributed by atoms with van der Waals surface area (Å²) in [6.07, 6.45) is 1.69. The first-order valence-electron chi connectivity index (χ1n) is 10.9. The first-order chi connectivity index (χ1) is 14.0. The molecule has 0 fully saturated rings. The van der Waals surface area contributed by atoms with Crippen molar-refractivity contribution in [3.05, 3.63) is 0 Å². The molecule has 8 nitrogen and oxygen atoms in total. The molecule has 0 unspecified atom stereocenters. The van der Waals surface area contributed by atoms with Gasteiger partial charge in [0, 0.05) is 30.7 Å². The quantitative estimate of drug-likeness (QED) is 0.320. The van der Waals surface area contributed by atoms with Crippen molar-refractivity contribution in [1.29, 1.82) is 0 Å². The van der Waals surface area contributed by atoms with Crippen LogP contribution >= 0.6 is 0 Å². The highest BCUT2D eigenvalue weighted by Gasteiger charge is 2.21. The number of hydrogen-bond acceptors (Lipinski definition) is 7. The predicted octanol–water partition coefficient (Wildman–Crippen LogP) is 1.95. The molecule has 0 aromatic carbocycles. The Balaban J connectivity index is 3.29. The van der Waals surface area contributed by atoms with Gasteiger partial charge in [-0.1, -0.05) is 20.8 Å². The minimum absolute atomic E-state index is 0.0223. The maximum Gasteiger partial charge on any atom is 0.246 e. The molecule has 0 rings (SSSR count). The van der Waals surface area contributed by atoms with E-state index in [1.54, 1.807) is 0 Å². The Labute approximate surface area is 182 Å². The van der Waals surface area contributed by atoms with Crippen LogP contribution in [0.4, 0.5) is 0 Å². The Morgan fingerprint density at radius 3 is 1.67 bits per heavy atom. The molecule has 178 valence electrons. The smallest absolute Gasteiger partial charge is 0.246 e. The van der Waals surface area contributed by atoms with Gasteiger partial charge in [-0.3, -0.25) is 9.59 Å². The monoisotopic (exact) mass is 432 g/mol. The Kier molecular flexibility index (Phi) is 16.0. The van der Waals surface area contributed by atoms with E-state index in [-0.39, 0.29) is 30.4 Å². The lowest BCUT2D eigenvalue weighted by molar-refractivity contribution is -0.134. The molecule has 0 aliphatic carbocycles. The van der Waals surface area contributed by atoms with Crippen LogP contribution in [0.15, 0.2) is 0 Å². The van der Waals surface area contributed by atoms with Gasteiger partial charge >= 0.3 is 0 Å². The number of amides is 1. The molecule has 0 aliphatic rings. The van der Waals surface area contributed by atoms with Gasteiger partial charge in [0.25, 0.3) is 0 Å². The van der Waals surface area contributed by atoms with Crippen molar-refractivity contribution in [3.63, 3.8) is 0 Å². The zero-order valence-electron chi connectivity index (χ0n) is 19.9. The van der Waals surface area contributed by atoms with Crippen molar-refractivity contribution >= 4 is 11.7 Å². The number of nitrogens with one attached hydrogen (secondary N) is 2. The lowest BCUT2D eigenvalue weighted by atomic mass is 9.91. The third-order valence-corrected chi connectivity index (χ3v) is 3.96. The first-order valence-corrected chi connectivity index (χ1v) is 10.9. The Hall–Kier alpha value is -1.06. The van der Waals surface area contributed by atoms with Gasteiger partial charge in [-0.05, 0) is 40.2 Å². The number of hydrogen-bond donors (Lipinski definition) is 2. The van der Waals surface area contributed by atoms with Crippen LogP contribution < -0.4 is 10.6 Å². The molecule has 2 N–H and O–H groups in total. The first kappa shape index (κ1) is 28.9. The van der Waals surface area contributed by atoms with Crippen LogP contribution in [0.2, 0.25) is 0 Å². The molecule has 0 atom stereocenters. The standard InChI is InChI=1S/C22H44N2O6/c1-21(2,3)19(25)17-30-18-20(26)23-9-7-11-27-13-15-29-16-14-28-12-8-10-24-22(4,5)6/h24H,7-18H2,1-6H3,(H,23,26). The fourth-order valence-corrected chi connectivity index (χ4v) is 2.09. The number of ether oxygens (including phenoxy) is 4. The van der Waals surface area contributed by atoms with Crippen molar-refractivity contribution in [2.75, 3.05) is 65.9 Å². The van der Waals surface area contributed by atoms with E-state index in [0.29, 0.717) is 46.0 Å². The second-order valence-corrected chi connectivity index (χ2v) is 9.24. The molecule has 30 heavy (non-hydrogen) atoms. The maximum absolute atomic E-state index is 11.7. The zero-order chi connectivity index (χ0) is 22.9. The van der Waals surface area contributed by atoms with Crippen LogP contribution in [0, 0.1) is 5.41 Å². The van der Waals surface area contributed by atoms with Gasteiger partial charge in [0.2, 0.25) is 5.91 Å². The van der Waals surface area contributed by atoms with Gasteiger partial charge in [-0.2, -0.15) is 0 Å². The maximum atomic E-state index is 11.7. The number of carbonyl (C=O) groups is 2. The van der Waals surface area contributed by atoms with Crippen LogP contribution in [-0.2, 0) is 28.5 Å². The highest BCUT2D eigenvalue weighted by Crippen LogP contribution is 2.14. The number of carbonyl (C=O) groups excluding carboxylic acids is 2. The van der Waals surface area contributed by atoms with Crippen LogP contribution in [0.5, 0.6) is 0 Å². The number of Topliss-reactive ketones (excluding diaryl/α,β-unsaturated/α-hetero) is 1. The van der Waals surface area contributed by atoms with E-state index < -0.39 is 5.41 Å². The number of ketones is 1. The normalized spacial score (nSPS) is 12.2. The summed E-state index contributed by atoms with van der Waals surface area (Å²) in [5.74, 6) is -0.250. The summed E-state index contributed by atoms with van der Waals surface area (Å²) in [4.78, 5) is 23.3. The van der Waals surface area contributed by atoms with Crippen molar-refractivity contribution in [2.24, 2.45) is 5.41 Å². The van der Waals surface area contributed by atoms with Crippen molar-refractivity contribution in [3.8, 4) is 0 Å². The topological polar surface area (TPSA) is 95.1 Å². The van der Waals surface area contributed by atoms with Gasteiger partial charge in [0.05, 0.1) is 26.4 Å². The average Bonchev–Trinajstić information content (AvgIpc) is 2.63. The fraction of sp³-hybridized carbons (Fsp3) is 0.909. The van der Waals surface area contributed by atoms with E-state index in [2.05, 4.69) is 31.4 Å². The Bertz CT molecular complexity index is 458. The second kappa shape index (κ2) is 16.6. The average molecular weight is 433 g/mol. The largest absolute Gasteiger partial charge is 0.379 e. The van der Waals surface area contributed by atoms with Crippen LogP contribution in [0.3, 0.4) is 0 Å². The van der Waals surface area contributed by atoms with Crippen molar-refractivity contribution in [1.82, 2.24) is 10.6 Å². The third-order valence-electron chi connectivity index (χ3n) is 3.96. The summed E-state index contributed by atoms with van der Waals surface area (Å²) in [6.45, 7) is 16.7. The van der Waals surface area contributed by atoms with Crippen LogP contribution in [0.25, 0.3) is 0 Å². The molecule has 0 aromatic heterocycles. The summed E-state index contributed by atoms with van der Waals surface area (Å²) >= 11 is 0. The predicted molar refractivity (Wildman–Crippen MR) is 118 cm³/mol. The van der Waals surface area contributed by atoms with Gasteiger partial charge in [-0.15, -0.1) is 0 Å². The van der Waals surface area contributed by atoms with E-state index in [1.807, 2.05) is 20.8 Å². The highest BCUT2D eigenvalue weighted by molar-refractivity contribution is 5.85. The van der Waals surface area contributed by atoms with Gasteiger partial charge in [0.15, 0.2) is 5.78 Å². The van der Waals surface area contributed by atoms with Gasteiger partial charge in [0.1, 0.15) is 13.2 Å². The van der Waals surface area contributed by atoms with E-state index in [1.165, 1.54) is 0 Å². The van der Waals surface area contributed by atoms with Crippen LogP contribution in [0.1, 0.15) is 54.4 Å². The van der Waals surface area contributed by atoms with E-state index in [4.69, 9.17) is 18.9 Å². The molecule has 0 aliphatic heterocycles. The Morgan fingerprint density at radius 2 is 1.17 bits per heavy atom. The molecule has 0 aromatic rings. The summed E-state index contributed by atoms with van der Waals surface area (Å²) in [6, 6.07) is 0. The molecular weight excluding hydrogens is 388 g/mol. The Morgan fingerprint density at radius 1 is 0.667 bits per heavy atom. The molecular formula is C22H44N2O6. The molecule has 0 bridgehead atoms. The molecule has 0 heterocycles. The molecule has 0 radical (unpaired) electrons. The molecule has 0 saturated heterocycles. The third kappa shape index (κ3) is 20.2. The van der Waals surface area contributed by atoms with Gasteiger partial charge < -0.3 is 29.6 Å². The lowest BCUT2D eigenvalue weighted by Gasteiger charge is -2.20. The van der Waals surface area contributed by atoms with Gasteiger partial charge in [-0.25, -0.2) is 0 Å². The zero-order valence-corrected chi connectivity index (χ0v) is 19.9. The molecule has 0 saturated carbocycles. The van der Waals surface area contributed by atoms with E-state index in [0.717, 1.165) is 19.6 Å². The minimum atomic E-state index is -0.450. The van der Waals surface area contributed by atoms with E-state index in [9.17, 15) is 9.59 Å². The summed E-state index contributed by atoms with van der Waals surface area (Å²) in [5, 5.41) is 6.15. The fourth-order valence-electron chi connectivity index (χ4n) is 2.09. The second-order valence-electron chi connectivity index (χ2n) is 9.24. The summed E-state index contributed by atoms with van der Waals surface area (Å²) < 4.78 is 21.6. The minimum Gasteiger partial charge on any atom is -0.379 e. The lowest BCUT2D eigenvalue weighted by Crippen LogP contribution is -2.36. The highest BCUT2D eigenvalue weighted by atomic mass is 16.5. The SMILES string of the molecule is CC(C)(C)NCCCOCCOCCOCCCNC(=O)COCC(=O)C(C)(C)C. The van der Waals surface area contributed by atoms with Crippen molar-refractivity contribution < 1.29 is 28.5 Å². The summed E-state index contributed by atoms with van der Waals surface area (Å²) in [7, 11) is 0.